The maximum absolute atomic E-state index is 12.6. The number of aromatic nitrogens is 2. The zero-order valence-electron chi connectivity index (χ0n) is 17.9. The van der Waals surface area contributed by atoms with Crippen molar-refractivity contribution in [2.24, 2.45) is 0 Å². The van der Waals surface area contributed by atoms with Gasteiger partial charge in [0.25, 0.3) is 5.91 Å². The van der Waals surface area contributed by atoms with Crippen LogP contribution in [0.1, 0.15) is 22.0 Å². The molecule has 1 amide bonds. The second kappa shape index (κ2) is 9.77. The molecule has 6 nitrogen and oxygen atoms in total. The molecule has 0 aliphatic heterocycles. The van der Waals surface area contributed by atoms with Crippen molar-refractivity contribution in [1.82, 2.24) is 14.9 Å². The van der Waals surface area contributed by atoms with Crippen LogP contribution in [0, 0.1) is 0 Å². The predicted octanol–water partition coefficient (Wildman–Crippen LogP) is 5.25. The van der Waals surface area contributed by atoms with Crippen LogP contribution < -0.4 is 10.6 Å². The first-order valence-corrected chi connectivity index (χ1v) is 10.7. The molecule has 32 heavy (non-hydrogen) atoms. The van der Waals surface area contributed by atoms with Gasteiger partial charge in [-0.15, -0.1) is 0 Å². The maximum atomic E-state index is 12.6. The van der Waals surface area contributed by atoms with Gasteiger partial charge >= 0.3 is 0 Å². The van der Waals surface area contributed by atoms with E-state index in [2.05, 4.69) is 37.6 Å². The number of nitrogens with zero attached hydrogens (tertiary/aromatic N) is 3. The highest BCUT2D eigenvalue weighted by Crippen LogP contribution is 2.27. The van der Waals surface area contributed by atoms with Gasteiger partial charge in [-0.3, -0.25) is 9.78 Å². The van der Waals surface area contributed by atoms with Crippen molar-refractivity contribution in [3.8, 4) is 0 Å². The topological polar surface area (TPSA) is 70.2 Å². The molecule has 0 aliphatic carbocycles. The molecule has 2 aromatic heterocycles. The fraction of sp³-hybridized carbons (Fsp3) is 0.160. The van der Waals surface area contributed by atoms with Crippen LogP contribution in [0.5, 0.6) is 0 Å². The number of para-hydroxylation sites is 1. The van der Waals surface area contributed by atoms with E-state index in [4.69, 9.17) is 11.6 Å². The molecule has 0 radical (unpaired) electrons. The van der Waals surface area contributed by atoms with Gasteiger partial charge in [-0.25, -0.2) is 4.98 Å². The summed E-state index contributed by atoms with van der Waals surface area (Å²) in [5, 5.41) is 7.97. The van der Waals surface area contributed by atoms with Crippen LogP contribution in [0.25, 0.3) is 10.9 Å². The lowest BCUT2D eigenvalue weighted by molar-refractivity contribution is 0.102. The molecule has 7 heteroatoms. The summed E-state index contributed by atoms with van der Waals surface area (Å²) < 4.78 is 0. The molecule has 4 aromatic rings. The Labute approximate surface area is 192 Å². The lowest BCUT2D eigenvalue weighted by atomic mass is 10.0. The SMILES string of the molecule is CN(C)CC(Nc1ccnc2ccccc12)c1cccc(NC(=O)c2ccnc(Cl)c2)c1. The van der Waals surface area contributed by atoms with Gasteiger partial charge in [0.1, 0.15) is 5.15 Å². The number of anilines is 2. The Balaban J connectivity index is 1.60. The van der Waals surface area contributed by atoms with E-state index in [1.54, 1.807) is 12.1 Å². The second-order valence-corrected chi connectivity index (χ2v) is 8.17. The number of hydrogen-bond acceptors (Lipinski definition) is 5. The van der Waals surface area contributed by atoms with Crippen LogP contribution in [-0.4, -0.2) is 41.4 Å². The molecule has 2 heterocycles. The third-order valence-electron chi connectivity index (χ3n) is 5.06. The van der Waals surface area contributed by atoms with Crippen LogP contribution in [0.2, 0.25) is 5.15 Å². The van der Waals surface area contributed by atoms with E-state index in [-0.39, 0.29) is 17.1 Å². The highest BCUT2D eigenvalue weighted by Gasteiger charge is 2.16. The summed E-state index contributed by atoms with van der Waals surface area (Å²) in [6.45, 7) is 0.772. The van der Waals surface area contributed by atoms with Gasteiger partial charge in [0, 0.05) is 41.3 Å². The van der Waals surface area contributed by atoms with Crippen LogP contribution in [0.3, 0.4) is 0 Å². The zero-order chi connectivity index (χ0) is 22.5. The Morgan fingerprint density at radius 1 is 1.00 bits per heavy atom. The van der Waals surface area contributed by atoms with Gasteiger partial charge in [0.2, 0.25) is 0 Å². The molecule has 0 spiro atoms. The fourth-order valence-corrected chi connectivity index (χ4v) is 3.76. The number of fused-ring (bicyclic) bond motifs is 1. The number of carbonyl (C=O) groups is 1. The Hall–Kier alpha value is -3.48. The molecule has 1 unspecified atom stereocenters. The monoisotopic (exact) mass is 445 g/mol. The average Bonchev–Trinajstić information content (AvgIpc) is 2.79. The number of amides is 1. The zero-order valence-corrected chi connectivity index (χ0v) is 18.7. The Bertz CT molecular complexity index is 1240. The summed E-state index contributed by atoms with van der Waals surface area (Å²) in [6.07, 6.45) is 3.33. The Kier molecular flexibility index (Phi) is 6.63. The van der Waals surface area contributed by atoms with E-state index in [0.717, 1.165) is 28.7 Å². The van der Waals surface area contributed by atoms with E-state index in [1.165, 1.54) is 6.20 Å². The molecule has 0 saturated carbocycles. The molecule has 1 atom stereocenters. The van der Waals surface area contributed by atoms with Gasteiger partial charge in [-0.05, 0) is 56.1 Å². The fourth-order valence-electron chi connectivity index (χ4n) is 3.59. The van der Waals surface area contributed by atoms with Gasteiger partial charge in [-0.1, -0.05) is 41.9 Å². The summed E-state index contributed by atoms with van der Waals surface area (Å²) in [5.41, 5.74) is 4.19. The van der Waals surface area contributed by atoms with Crippen molar-refractivity contribution in [3.05, 3.63) is 95.4 Å². The van der Waals surface area contributed by atoms with Crippen LogP contribution in [0.15, 0.2) is 79.1 Å². The first-order valence-electron chi connectivity index (χ1n) is 10.3. The lowest BCUT2D eigenvalue weighted by Crippen LogP contribution is -2.26. The highest BCUT2D eigenvalue weighted by atomic mass is 35.5. The second-order valence-electron chi connectivity index (χ2n) is 7.78. The average molecular weight is 446 g/mol. The third kappa shape index (κ3) is 5.22. The summed E-state index contributed by atoms with van der Waals surface area (Å²) in [7, 11) is 4.08. The van der Waals surface area contributed by atoms with Crippen molar-refractivity contribution in [2.45, 2.75) is 6.04 Å². The lowest BCUT2D eigenvalue weighted by Gasteiger charge is -2.25. The number of benzene rings is 2. The van der Waals surface area contributed by atoms with Gasteiger partial charge in [0.05, 0.1) is 11.6 Å². The summed E-state index contributed by atoms with van der Waals surface area (Å²) in [4.78, 5) is 23.1. The van der Waals surface area contributed by atoms with E-state index < -0.39 is 0 Å². The molecular weight excluding hydrogens is 422 g/mol. The molecule has 0 bridgehead atoms. The van der Waals surface area contributed by atoms with E-state index in [1.807, 2.05) is 62.8 Å². The molecule has 4 rings (SSSR count). The largest absolute Gasteiger partial charge is 0.376 e. The number of rotatable bonds is 7. The number of likely N-dealkylation sites (N-methyl/N-ethyl adjacent to an activating group) is 1. The van der Waals surface area contributed by atoms with Gasteiger partial charge in [0.15, 0.2) is 0 Å². The van der Waals surface area contributed by atoms with Crippen molar-refractivity contribution >= 4 is 39.8 Å². The first kappa shape index (κ1) is 21.7. The highest BCUT2D eigenvalue weighted by molar-refractivity contribution is 6.29. The minimum absolute atomic E-state index is 0.00280. The Morgan fingerprint density at radius 3 is 2.62 bits per heavy atom. The van der Waals surface area contributed by atoms with E-state index in [0.29, 0.717) is 11.3 Å². The quantitative estimate of drug-likeness (QED) is 0.380. The van der Waals surface area contributed by atoms with Crippen LogP contribution in [0.4, 0.5) is 11.4 Å². The number of carbonyl (C=O) groups excluding carboxylic acids is 1. The van der Waals surface area contributed by atoms with E-state index >= 15 is 0 Å². The molecule has 0 aliphatic rings. The summed E-state index contributed by atoms with van der Waals surface area (Å²) in [5.74, 6) is -0.233. The molecular formula is C25H24ClN5O. The minimum atomic E-state index is -0.233. The number of pyridine rings is 2. The van der Waals surface area contributed by atoms with Crippen LogP contribution in [-0.2, 0) is 0 Å². The smallest absolute Gasteiger partial charge is 0.255 e. The predicted molar refractivity (Wildman–Crippen MR) is 130 cm³/mol. The standard InChI is InChI=1S/C25H24ClN5O/c1-31(2)16-23(30-22-11-13-27-21-9-4-3-8-20(21)22)17-6-5-7-19(14-17)29-25(32)18-10-12-28-24(26)15-18/h3-15,23H,16H2,1-2H3,(H,27,30)(H,29,32). The first-order chi connectivity index (χ1) is 15.5. The number of nitrogens with one attached hydrogen (secondary N) is 2. The minimum Gasteiger partial charge on any atom is -0.376 e. The van der Waals surface area contributed by atoms with Gasteiger partial charge < -0.3 is 15.5 Å². The van der Waals surface area contributed by atoms with Crippen LogP contribution >= 0.6 is 11.6 Å². The molecule has 2 N–H and O–H groups in total. The van der Waals surface area contributed by atoms with Crippen molar-refractivity contribution in [1.29, 1.82) is 0 Å². The number of halogens is 1. The third-order valence-corrected chi connectivity index (χ3v) is 5.27. The van der Waals surface area contributed by atoms with Gasteiger partial charge in [-0.2, -0.15) is 0 Å². The summed E-state index contributed by atoms with van der Waals surface area (Å²) >= 11 is 5.92. The molecule has 162 valence electrons. The molecule has 0 saturated heterocycles. The maximum Gasteiger partial charge on any atom is 0.255 e. The normalized spacial score (nSPS) is 12.0. The Morgan fingerprint density at radius 2 is 1.81 bits per heavy atom. The summed E-state index contributed by atoms with van der Waals surface area (Å²) in [6, 6.07) is 21.1. The molecule has 0 fully saturated rings. The van der Waals surface area contributed by atoms with Crippen molar-refractivity contribution in [2.75, 3.05) is 31.3 Å². The molecule has 2 aromatic carbocycles. The van der Waals surface area contributed by atoms with E-state index in [9.17, 15) is 4.79 Å². The number of hydrogen-bond donors (Lipinski definition) is 2. The van der Waals surface area contributed by atoms with Crippen molar-refractivity contribution in [3.63, 3.8) is 0 Å². The van der Waals surface area contributed by atoms with Crippen molar-refractivity contribution < 1.29 is 4.79 Å².